The van der Waals surface area contributed by atoms with Gasteiger partial charge in [0.1, 0.15) is 5.82 Å². The van der Waals surface area contributed by atoms with Gasteiger partial charge in [-0.25, -0.2) is 9.97 Å². The highest BCUT2D eigenvalue weighted by atomic mass is 14.9. The van der Waals surface area contributed by atoms with Crippen LogP contribution in [0, 0.1) is 0 Å². The third kappa shape index (κ3) is 2.31. The number of rotatable bonds is 2. The molecule has 0 atom stereocenters. The molecule has 2 heterocycles. The average molecular weight is 273 g/mol. The molecule has 3 heteroatoms. The van der Waals surface area contributed by atoms with Gasteiger partial charge in [0.05, 0.1) is 5.69 Å². The van der Waals surface area contributed by atoms with Gasteiger partial charge in [0.25, 0.3) is 0 Å². The number of fused-ring (bicyclic) bond motifs is 3. The molecule has 0 N–H and O–H groups in total. The van der Waals surface area contributed by atoms with Crippen molar-refractivity contribution in [2.75, 3.05) is 0 Å². The summed E-state index contributed by atoms with van der Waals surface area (Å²) in [5, 5.41) is 0. The normalized spacial score (nSPS) is 12.6. The van der Waals surface area contributed by atoms with Crippen molar-refractivity contribution < 1.29 is 0 Å². The lowest BCUT2D eigenvalue weighted by Crippen LogP contribution is -2.09. The van der Waals surface area contributed by atoms with Crippen LogP contribution in [0.2, 0.25) is 0 Å². The van der Waals surface area contributed by atoms with Crippen LogP contribution in [-0.2, 0) is 19.3 Å². The Bertz CT molecular complexity index is 781. The molecule has 0 saturated carbocycles. The standard InChI is InChI=1S/C18H15N3/c1-2-6-16-14(5-1)7-8-15-12-20-17(21-18(15)16)10-13-4-3-9-19-11-13/h1-6,9,11-12H,7-8,10H2. The Labute approximate surface area is 123 Å². The maximum atomic E-state index is 4.81. The van der Waals surface area contributed by atoms with Crippen molar-refractivity contribution in [2.45, 2.75) is 19.3 Å². The minimum atomic E-state index is 0.725. The molecule has 0 saturated heterocycles. The highest BCUT2D eigenvalue weighted by molar-refractivity contribution is 5.69. The van der Waals surface area contributed by atoms with E-state index in [1.54, 1.807) is 6.20 Å². The maximum Gasteiger partial charge on any atom is 0.133 e. The van der Waals surface area contributed by atoms with Gasteiger partial charge in [-0.15, -0.1) is 0 Å². The molecule has 0 unspecified atom stereocenters. The van der Waals surface area contributed by atoms with Crippen LogP contribution >= 0.6 is 0 Å². The van der Waals surface area contributed by atoms with Crippen molar-refractivity contribution in [3.05, 3.63) is 77.5 Å². The van der Waals surface area contributed by atoms with E-state index >= 15 is 0 Å². The molecular formula is C18H15N3. The molecule has 1 aromatic carbocycles. The Morgan fingerprint density at radius 1 is 0.905 bits per heavy atom. The summed E-state index contributed by atoms with van der Waals surface area (Å²) < 4.78 is 0. The van der Waals surface area contributed by atoms with Crippen molar-refractivity contribution in [1.82, 2.24) is 15.0 Å². The number of hydrogen-bond donors (Lipinski definition) is 0. The molecular weight excluding hydrogens is 258 g/mol. The zero-order valence-corrected chi connectivity index (χ0v) is 11.7. The zero-order chi connectivity index (χ0) is 14.1. The van der Waals surface area contributed by atoms with Gasteiger partial charge in [0.2, 0.25) is 0 Å². The van der Waals surface area contributed by atoms with Gasteiger partial charge in [0.15, 0.2) is 0 Å². The summed E-state index contributed by atoms with van der Waals surface area (Å²) in [5.74, 6) is 0.860. The van der Waals surface area contributed by atoms with Crippen LogP contribution in [0.1, 0.15) is 22.5 Å². The van der Waals surface area contributed by atoms with Crippen molar-refractivity contribution in [3.8, 4) is 11.3 Å². The Kier molecular flexibility index (Phi) is 2.96. The molecule has 0 spiro atoms. The van der Waals surface area contributed by atoms with Crippen molar-refractivity contribution in [2.24, 2.45) is 0 Å². The Morgan fingerprint density at radius 2 is 1.81 bits per heavy atom. The Hall–Kier alpha value is -2.55. The smallest absolute Gasteiger partial charge is 0.133 e. The molecule has 0 amide bonds. The molecule has 1 aliphatic rings. The summed E-state index contributed by atoms with van der Waals surface area (Å²) in [6.07, 6.45) is 8.48. The molecule has 102 valence electrons. The second-order valence-corrected chi connectivity index (χ2v) is 5.36. The van der Waals surface area contributed by atoms with Gasteiger partial charge in [-0.1, -0.05) is 30.3 Å². The van der Waals surface area contributed by atoms with Crippen molar-refractivity contribution >= 4 is 0 Å². The van der Waals surface area contributed by atoms with Gasteiger partial charge >= 0.3 is 0 Å². The SMILES string of the molecule is c1cncc(Cc2ncc3c(n2)-c2ccccc2CC3)c1. The first-order valence-electron chi connectivity index (χ1n) is 7.22. The van der Waals surface area contributed by atoms with Crippen LogP contribution in [0.5, 0.6) is 0 Å². The third-order valence-electron chi connectivity index (χ3n) is 3.94. The van der Waals surface area contributed by atoms with E-state index in [9.17, 15) is 0 Å². The van der Waals surface area contributed by atoms with Gasteiger partial charge in [0, 0.05) is 30.6 Å². The molecule has 1 aliphatic carbocycles. The maximum absolute atomic E-state index is 4.81. The molecule has 2 aromatic heterocycles. The number of aryl methyl sites for hydroxylation is 2. The Morgan fingerprint density at radius 3 is 2.71 bits per heavy atom. The Balaban J connectivity index is 1.74. The lowest BCUT2D eigenvalue weighted by atomic mass is 9.90. The predicted molar refractivity (Wildman–Crippen MR) is 81.9 cm³/mol. The number of aromatic nitrogens is 3. The fourth-order valence-electron chi connectivity index (χ4n) is 2.87. The fourth-order valence-corrected chi connectivity index (χ4v) is 2.87. The zero-order valence-electron chi connectivity index (χ0n) is 11.7. The average Bonchev–Trinajstić information content (AvgIpc) is 2.56. The van der Waals surface area contributed by atoms with E-state index in [0.29, 0.717) is 0 Å². The first-order chi connectivity index (χ1) is 10.4. The van der Waals surface area contributed by atoms with E-state index in [4.69, 9.17) is 4.98 Å². The highest BCUT2D eigenvalue weighted by Crippen LogP contribution is 2.31. The van der Waals surface area contributed by atoms with Gasteiger partial charge in [-0.2, -0.15) is 0 Å². The summed E-state index contributed by atoms with van der Waals surface area (Å²) in [6, 6.07) is 12.5. The fraction of sp³-hybridized carbons (Fsp3) is 0.167. The van der Waals surface area contributed by atoms with E-state index in [-0.39, 0.29) is 0 Å². The third-order valence-corrected chi connectivity index (χ3v) is 3.94. The van der Waals surface area contributed by atoms with Crippen LogP contribution < -0.4 is 0 Å². The topological polar surface area (TPSA) is 38.7 Å². The second kappa shape index (κ2) is 5.09. The van der Waals surface area contributed by atoms with Crippen molar-refractivity contribution in [3.63, 3.8) is 0 Å². The van der Waals surface area contributed by atoms with Crippen LogP contribution in [0.4, 0.5) is 0 Å². The van der Waals surface area contributed by atoms with Crippen LogP contribution in [0.3, 0.4) is 0 Å². The summed E-state index contributed by atoms with van der Waals surface area (Å²) in [6.45, 7) is 0. The molecule has 21 heavy (non-hydrogen) atoms. The summed E-state index contributed by atoms with van der Waals surface area (Å²) in [4.78, 5) is 13.5. The first kappa shape index (κ1) is 12.2. The lowest BCUT2D eigenvalue weighted by Gasteiger charge is -2.18. The van der Waals surface area contributed by atoms with E-state index in [1.807, 2.05) is 18.5 Å². The van der Waals surface area contributed by atoms with E-state index in [1.165, 1.54) is 16.7 Å². The molecule has 0 aliphatic heterocycles. The van der Waals surface area contributed by atoms with E-state index in [2.05, 4.69) is 40.3 Å². The molecule has 0 fully saturated rings. The molecule has 3 aromatic rings. The number of nitrogens with zero attached hydrogens (tertiary/aromatic N) is 3. The first-order valence-corrected chi connectivity index (χ1v) is 7.22. The highest BCUT2D eigenvalue weighted by Gasteiger charge is 2.17. The number of pyridine rings is 1. The monoisotopic (exact) mass is 273 g/mol. The minimum Gasteiger partial charge on any atom is -0.264 e. The van der Waals surface area contributed by atoms with Crippen LogP contribution in [0.15, 0.2) is 55.0 Å². The van der Waals surface area contributed by atoms with E-state index in [0.717, 1.165) is 36.3 Å². The predicted octanol–water partition coefficient (Wildman–Crippen LogP) is 3.23. The van der Waals surface area contributed by atoms with Gasteiger partial charge in [-0.05, 0) is 35.6 Å². The van der Waals surface area contributed by atoms with Crippen molar-refractivity contribution in [1.29, 1.82) is 0 Å². The summed E-state index contributed by atoms with van der Waals surface area (Å²) in [7, 11) is 0. The number of benzene rings is 1. The van der Waals surface area contributed by atoms with Gasteiger partial charge < -0.3 is 0 Å². The largest absolute Gasteiger partial charge is 0.264 e. The van der Waals surface area contributed by atoms with Crippen LogP contribution in [0.25, 0.3) is 11.3 Å². The second-order valence-electron chi connectivity index (χ2n) is 5.36. The molecule has 0 radical (unpaired) electrons. The molecule has 4 rings (SSSR count). The lowest BCUT2D eigenvalue weighted by molar-refractivity contribution is 0.877. The number of hydrogen-bond acceptors (Lipinski definition) is 3. The molecule has 3 nitrogen and oxygen atoms in total. The van der Waals surface area contributed by atoms with E-state index < -0.39 is 0 Å². The summed E-state index contributed by atoms with van der Waals surface area (Å²) in [5.41, 5.74) is 6.14. The minimum absolute atomic E-state index is 0.725. The quantitative estimate of drug-likeness (QED) is 0.719. The molecule has 0 bridgehead atoms. The summed E-state index contributed by atoms with van der Waals surface area (Å²) >= 11 is 0. The van der Waals surface area contributed by atoms with Gasteiger partial charge in [-0.3, -0.25) is 4.98 Å². The van der Waals surface area contributed by atoms with Crippen LogP contribution in [-0.4, -0.2) is 15.0 Å².